The van der Waals surface area contributed by atoms with Gasteiger partial charge in [-0.05, 0) is 25.0 Å². The van der Waals surface area contributed by atoms with E-state index in [1.165, 1.54) is 11.0 Å². The van der Waals surface area contributed by atoms with Crippen LogP contribution in [0.15, 0.2) is 36.5 Å². The van der Waals surface area contributed by atoms with Crippen LogP contribution in [0.25, 0.3) is 17.0 Å². The number of ether oxygens (including phenoxy) is 1. The van der Waals surface area contributed by atoms with E-state index in [0.29, 0.717) is 26.1 Å². The zero-order chi connectivity index (χ0) is 17.8. The second-order valence-corrected chi connectivity index (χ2v) is 6.25. The summed E-state index contributed by atoms with van der Waals surface area (Å²) in [5.41, 5.74) is 2.02. The van der Waals surface area contributed by atoms with Crippen LogP contribution >= 0.6 is 0 Å². The van der Waals surface area contributed by atoms with Gasteiger partial charge < -0.3 is 19.3 Å². The number of benzene rings is 1. The van der Waals surface area contributed by atoms with E-state index in [1.807, 2.05) is 42.1 Å². The zero-order valence-corrected chi connectivity index (χ0v) is 14.2. The number of nitrogens with zero attached hydrogens (tertiary/aromatic N) is 2. The molecule has 132 valence electrons. The third kappa shape index (κ3) is 3.91. The van der Waals surface area contributed by atoms with Gasteiger partial charge in [0.05, 0.1) is 0 Å². The van der Waals surface area contributed by atoms with E-state index in [9.17, 15) is 9.59 Å². The Labute approximate surface area is 146 Å². The summed E-state index contributed by atoms with van der Waals surface area (Å²) >= 11 is 0. The molecule has 0 radical (unpaired) electrons. The summed E-state index contributed by atoms with van der Waals surface area (Å²) in [4.78, 5) is 25.2. The van der Waals surface area contributed by atoms with Crippen LogP contribution < -0.4 is 0 Å². The number of hydrogen-bond donors (Lipinski definition) is 1. The molecule has 0 atom stereocenters. The number of carbonyl (C=O) groups excluding carboxylic acids is 1. The fourth-order valence-corrected chi connectivity index (χ4v) is 3.29. The number of carbonyl (C=O) groups is 2. The molecule has 0 spiro atoms. The topological polar surface area (TPSA) is 71.8 Å². The van der Waals surface area contributed by atoms with E-state index >= 15 is 0 Å². The maximum atomic E-state index is 12.6. The third-order valence-corrected chi connectivity index (χ3v) is 4.55. The molecular formula is C19H22N2O4. The summed E-state index contributed by atoms with van der Waals surface area (Å²) in [5, 5.41) is 10.2. The average Bonchev–Trinajstić information content (AvgIpc) is 2.95. The summed E-state index contributed by atoms with van der Waals surface area (Å²) < 4.78 is 7.32. The number of fused-ring (bicyclic) bond motifs is 1. The number of amides is 1. The van der Waals surface area contributed by atoms with Crippen LogP contribution in [-0.4, -0.2) is 52.3 Å². The lowest BCUT2D eigenvalue weighted by atomic mass is 10.1. The molecule has 0 unspecified atom stereocenters. The van der Waals surface area contributed by atoms with Crippen molar-refractivity contribution >= 4 is 28.9 Å². The van der Waals surface area contributed by atoms with Gasteiger partial charge in [0.15, 0.2) is 0 Å². The molecule has 1 aromatic heterocycles. The van der Waals surface area contributed by atoms with Gasteiger partial charge in [0.2, 0.25) is 5.91 Å². The minimum absolute atomic E-state index is 0.0884. The average molecular weight is 342 g/mol. The molecule has 1 aliphatic rings. The molecule has 2 aromatic rings. The molecule has 6 nitrogen and oxygen atoms in total. The van der Waals surface area contributed by atoms with Crippen LogP contribution in [0.5, 0.6) is 0 Å². The van der Waals surface area contributed by atoms with Crippen LogP contribution in [0.1, 0.15) is 18.4 Å². The van der Waals surface area contributed by atoms with Gasteiger partial charge in [-0.1, -0.05) is 18.2 Å². The highest BCUT2D eigenvalue weighted by molar-refractivity contribution is 5.97. The van der Waals surface area contributed by atoms with Crippen LogP contribution in [-0.2, 0) is 21.4 Å². The van der Waals surface area contributed by atoms with Gasteiger partial charge in [-0.2, -0.15) is 0 Å². The Balaban J connectivity index is 1.81. The molecule has 1 aliphatic heterocycles. The number of rotatable bonds is 5. The zero-order valence-electron chi connectivity index (χ0n) is 14.2. The van der Waals surface area contributed by atoms with E-state index in [4.69, 9.17) is 9.84 Å². The van der Waals surface area contributed by atoms with Gasteiger partial charge in [0.25, 0.3) is 0 Å². The molecule has 25 heavy (non-hydrogen) atoms. The van der Waals surface area contributed by atoms with Crippen molar-refractivity contribution in [3.63, 3.8) is 0 Å². The first-order valence-electron chi connectivity index (χ1n) is 8.38. The predicted octanol–water partition coefficient (Wildman–Crippen LogP) is 2.28. The number of aryl methyl sites for hydroxylation is 1. The van der Waals surface area contributed by atoms with Crippen molar-refractivity contribution in [3.05, 3.63) is 42.1 Å². The summed E-state index contributed by atoms with van der Waals surface area (Å²) in [7, 11) is 1.96. The largest absolute Gasteiger partial charge is 0.480 e. The standard InChI is InChI=1S/C19H22N2O4/c1-20-12-14(16-4-2-3-5-17(16)20)6-7-18(22)21(13-19(23)24)15-8-10-25-11-9-15/h2-7,12,15H,8-11,13H2,1H3,(H,23,24). The normalized spacial score (nSPS) is 15.7. The molecule has 0 bridgehead atoms. The van der Waals surface area contributed by atoms with Crippen molar-refractivity contribution in [1.82, 2.24) is 9.47 Å². The van der Waals surface area contributed by atoms with Gasteiger partial charge >= 0.3 is 5.97 Å². The number of carboxylic acid groups (broad SMARTS) is 1. The van der Waals surface area contributed by atoms with E-state index in [1.54, 1.807) is 6.08 Å². The summed E-state index contributed by atoms with van der Waals surface area (Å²) in [6.07, 6.45) is 6.53. The molecule has 1 saturated heterocycles. The van der Waals surface area contributed by atoms with E-state index in [0.717, 1.165) is 16.5 Å². The van der Waals surface area contributed by atoms with Crippen LogP contribution in [0.3, 0.4) is 0 Å². The third-order valence-electron chi connectivity index (χ3n) is 4.55. The molecule has 0 saturated carbocycles. The number of carboxylic acids is 1. The van der Waals surface area contributed by atoms with Crippen molar-refractivity contribution in [2.24, 2.45) is 7.05 Å². The maximum absolute atomic E-state index is 12.6. The second-order valence-electron chi connectivity index (χ2n) is 6.25. The Bertz CT molecular complexity index is 803. The highest BCUT2D eigenvalue weighted by Gasteiger charge is 2.26. The van der Waals surface area contributed by atoms with Gasteiger partial charge in [-0.15, -0.1) is 0 Å². The van der Waals surface area contributed by atoms with Crippen molar-refractivity contribution in [3.8, 4) is 0 Å². The Kier molecular flexibility index (Phi) is 5.19. The summed E-state index contributed by atoms with van der Waals surface area (Å²) in [6.45, 7) is 0.825. The molecule has 1 amide bonds. The molecule has 1 N–H and O–H groups in total. The molecule has 3 rings (SSSR count). The Hall–Kier alpha value is -2.60. The highest BCUT2D eigenvalue weighted by atomic mass is 16.5. The fourth-order valence-electron chi connectivity index (χ4n) is 3.29. The lowest BCUT2D eigenvalue weighted by Crippen LogP contribution is -2.45. The van der Waals surface area contributed by atoms with E-state index in [-0.39, 0.29) is 18.5 Å². The molecule has 1 aromatic carbocycles. The van der Waals surface area contributed by atoms with E-state index < -0.39 is 5.97 Å². The molecule has 1 fully saturated rings. The van der Waals surface area contributed by atoms with Crippen molar-refractivity contribution in [1.29, 1.82) is 0 Å². The van der Waals surface area contributed by atoms with Crippen LogP contribution in [0.2, 0.25) is 0 Å². The van der Waals surface area contributed by atoms with Crippen molar-refractivity contribution < 1.29 is 19.4 Å². The lowest BCUT2D eigenvalue weighted by Gasteiger charge is -2.32. The second kappa shape index (κ2) is 7.53. The SMILES string of the molecule is Cn1cc(C=CC(=O)N(CC(=O)O)C2CCOCC2)c2ccccc21. The lowest BCUT2D eigenvalue weighted by molar-refractivity contribution is -0.145. The quantitative estimate of drug-likeness (QED) is 0.846. The molecular weight excluding hydrogens is 320 g/mol. The minimum atomic E-state index is -1.00. The monoisotopic (exact) mass is 342 g/mol. The summed E-state index contributed by atoms with van der Waals surface area (Å²) in [6, 6.07) is 7.87. The van der Waals surface area contributed by atoms with E-state index in [2.05, 4.69) is 0 Å². The Morgan fingerprint density at radius 1 is 1.32 bits per heavy atom. The number of aromatic nitrogens is 1. The molecule has 0 aliphatic carbocycles. The Morgan fingerprint density at radius 2 is 2.04 bits per heavy atom. The first kappa shape index (κ1) is 17.2. The van der Waals surface area contributed by atoms with Gasteiger partial charge in [0.1, 0.15) is 6.54 Å². The molecule has 2 heterocycles. The number of aliphatic carboxylic acids is 1. The molecule has 6 heteroatoms. The first-order chi connectivity index (χ1) is 12.1. The van der Waals surface area contributed by atoms with Crippen molar-refractivity contribution in [2.75, 3.05) is 19.8 Å². The van der Waals surface area contributed by atoms with Gasteiger partial charge in [-0.3, -0.25) is 9.59 Å². The van der Waals surface area contributed by atoms with Gasteiger partial charge in [-0.25, -0.2) is 0 Å². The number of hydrogen-bond acceptors (Lipinski definition) is 3. The minimum Gasteiger partial charge on any atom is -0.480 e. The van der Waals surface area contributed by atoms with Gasteiger partial charge in [0, 0.05) is 55.0 Å². The fraction of sp³-hybridized carbons (Fsp3) is 0.368. The smallest absolute Gasteiger partial charge is 0.323 e. The first-order valence-corrected chi connectivity index (χ1v) is 8.38. The van der Waals surface area contributed by atoms with Crippen molar-refractivity contribution in [2.45, 2.75) is 18.9 Å². The predicted molar refractivity (Wildman–Crippen MR) is 95.1 cm³/mol. The Morgan fingerprint density at radius 3 is 2.76 bits per heavy atom. The maximum Gasteiger partial charge on any atom is 0.323 e. The highest BCUT2D eigenvalue weighted by Crippen LogP contribution is 2.22. The van der Waals surface area contributed by atoms with Crippen LogP contribution in [0.4, 0.5) is 0 Å². The van der Waals surface area contributed by atoms with Crippen LogP contribution in [0, 0.1) is 0 Å². The number of para-hydroxylation sites is 1. The summed E-state index contributed by atoms with van der Waals surface area (Å²) in [5.74, 6) is -1.28.